The Hall–Kier alpha value is -2.91. The maximum absolute atomic E-state index is 8.81. The quantitative estimate of drug-likeness (QED) is 0.774. The highest BCUT2D eigenvalue weighted by Gasteiger charge is 2.08. The predicted octanol–water partition coefficient (Wildman–Crippen LogP) is 3.31. The third-order valence-corrected chi connectivity index (χ3v) is 3.33. The Bertz CT molecular complexity index is 838. The van der Waals surface area contributed by atoms with Gasteiger partial charge >= 0.3 is 0 Å². The normalized spacial score (nSPS) is 10.3. The fourth-order valence-corrected chi connectivity index (χ4v) is 2.09. The van der Waals surface area contributed by atoms with Gasteiger partial charge in [0.25, 0.3) is 0 Å². The summed E-state index contributed by atoms with van der Waals surface area (Å²) in [7, 11) is 0. The van der Waals surface area contributed by atoms with Crippen molar-refractivity contribution in [2.45, 2.75) is 6.42 Å². The highest BCUT2D eigenvalue weighted by molar-refractivity contribution is 6.30. The number of aromatic nitrogens is 3. The van der Waals surface area contributed by atoms with Gasteiger partial charge in [-0.25, -0.2) is 4.98 Å². The number of nitrogens with one attached hydrogen (secondary N) is 1. The Morgan fingerprint density at radius 2 is 1.96 bits per heavy atom. The minimum absolute atomic E-state index is 0.373. The van der Waals surface area contributed by atoms with Gasteiger partial charge in [0.1, 0.15) is 17.6 Å². The first-order chi connectivity index (χ1) is 11.2. The number of pyridine rings is 1. The summed E-state index contributed by atoms with van der Waals surface area (Å²) < 4.78 is 5.23. The van der Waals surface area contributed by atoms with Crippen LogP contribution < -0.4 is 5.32 Å². The minimum atomic E-state index is 0.373. The lowest BCUT2D eigenvalue weighted by Crippen LogP contribution is -2.06. The SMILES string of the molecule is N#Cc1cccc(NCCc2nc(-c3ccc(Cl)cc3)no2)n1. The van der Waals surface area contributed by atoms with E-state index >= 15 is 0 Å². The number of halogens is 1. The molecule has 6 nitrogen and oxygen atoms in total. The van der Waals surface area contributed by atoms with Gasteiger partial charge in [0.05, 0.1) is 0 Å². The molecule has 1 N–H and O–H groups in total. The number of nitrogens with zero attached hydrogens (tertiary/aromatic N) is 4. The van der Waals surface area contributed by atoms with E-state index in [1.54, 1.807) is 30.3 Å². The summed E-state index contributed by atoms with van der Waals surface area (Å²) in [5.41, 5.74) is 1.22. The van der Waals surface area contributed by atoms with Crippen LogP contribution in [-0.2, 0) is 6.42 Å². The van der Waals surface area contributed by atoms with Crippen molar-refractivity contribution < 1.29 is 4.52 Å². The molecule has 0 fully saturated rings. The first-order valence-electron chi connectivity index (χ1n) is 6.94. The zero-order valence-corrected chi connectivity index (χ0v) is 12.8. The smallest absolute Gasteiger partial charge is 0.228 e. The van der Waals surface area contributed by atoms with Crippen molar-refractivity contribution in [3.63, 3.8) is 0 Å². The molecule has 0 unspecified atom stereocenters. The molecule has 1 aromatic carbocycles. The highest BCUT2D eigenvalue weighted by atomic mass is 35.5. The van der Waals surface area contributed by atoms with Gasteiger partial charge in [0.2, 0.25) is 11.7 Å². The molecule has 3 rings (SSSR count). The molecule has 2 heterocycles. The van der Waals surface area contributed by atoms with E-state index < -0.39 is 0 Å². The van der Waals surface area contributed by atoms with Crippen molar-refractivity contribution in [1.82, 2.24) is 15.1 Å². The number of anilines is 1. The first-order valence-corrected chi connectivity index (χ1v) is 7.32. The second kappa shape index (κ2) is 6.90. The van der Waals surface area contributed by atoms with Gasteiger partial charge in [-0.05, 0) is 36.4 Å². The fraction of sp³-hybridized carbons (Fsp3) is 0.125. The first kappa shape index (κ1) is 15.0. The molecule has 0 saturated carbocycles. The maximum atomic E-state index is 8.81. The largest absolute Gasteiger partial charge is 0.370 e. The summed E-state index contributed by atoms with van der Waals surface area (Å²) in [4.78, 5) is 8.47. The second-order valence-corrected chi connectivity index (χ2v) is 5.15. The molecule has 114 valence electrons. The van der Waals surface area contributed by atoms with Gasteiger partial charge in [-0.2, -0.15) is 10.2 Å². The van der Waals surface area contributed by atoms with Gasteiger partial charge in [-0.1, -0.05) is 22.8 Å². The Kier molecular flexibility index (Phi) is 4.50. The summed E-state index contributed by atoms with van der Waals surface area (Å²) in [6.45, 7) is 0.574. The molecule has 3 aromatic rings. The van der Waals surface area contributed by atoms with Crippen LogP contribution in [0.15, 0.2) is 47.0 Å². The Labute approximate surface area is 137 Å². The molecule has 0 saturated heterocycles. The minimum Gasteiger partial charge on any atom is -0.370 e. The van der Waals surface area contributed by atoms with Gasteiger partial charge in [-0.3, -0.25) is 0 Å². The second-order valence-electron chi connectivity index (χ2n) is 4.72. The Morgan fingerprint density at radius 3 is 2.74 bits per heavy atom. The van der Waals surface area contributed by atoms with Gasteiger partial charge in [0.15, 0.2) is 0 Å². The van der Waals surface area contributed by atoms with E-state index in [0.717, 1.165) is 5.56 Å². The molecule has 0 aliphatic heterocycles. The zero-order chi connectivity index (χ0) is 16.1. The number of hydrogen-bond acceptors (Lipinski definition) is 6. The van der Waals surface area contributed by atoms with Gasteiger partial charge < -0.3 is 9.84 Å². The van der Waals surface area contributed by atoms with Crippen molar-refractivity contribution in [2.24, 2.45) is 0 Å². The lowest BCUT2D eigenvalue weighted by molar-refractivity contribution is 0.381. The van der Waals surface area contributed by atoms with Crippen molar-refractivity contribution in [3.8, 4) is 17.5 Å². The summed E-state index contributed by atoms with van der Waals surface area (Å²) in [5, 5.41) is 16.5. The number of benzene rings is 1. The molecule has 0 aliphatic rings. The van der Waals surface area contributed by atoms with Crippen LogP contribution >= 0.6 is 11.6 Å². The van der Waals surface area contributed by atoms with Crippen LogP contribution in [0.1, 0.15) is 11.6 Å². The molecule has 0 spiro atoms. The molecule has 23 heavy (non-hydrogen) atoms. The zero-order valence-electron chi connectivity index (χ0n) is 12.0. The monoisotopic (exact) mass is 325 g/mol. The third-order valence-electron chi connectivity index (χ3n) is 3.08. The van der Waals surface area contributed by atoms with Crippen molar-refractivity contribution in [2.75, 3.05) is 11.9 Å². The average Bonchev–Trinajstić information content (AvgIpc) is 3.04. The molecular weight excluding hydrogens is 314 g/mol. The molecule has 7 heteroatoms. The number of nitriles is 1. The van der Waals surface area contributed by atoms with E-state index in [2.05, 4.69) is 20.4 Å². The molecular formula is C16H12ClN5O. The van der Waals surface area contributed by atoms with Crippen molar-refractivity contribution in [1.29, 1.82) is 5.26 Å². The summed E-state index contributed by atoms with van der Waals surface area (Å²) in [6.07, 6.45) is 0.555. The Balaban J connectivity index is 1.59. The topological polar surface area (TPSA) is 87.6 Å². The van der Waals surface area contributed by atoms with Crippen molar-refractivity contribution >= 4 is 17.4 Å². The molecule has 0 amide bonds. The van der Waals surface area contributed by atoms with Gasteiger partial charge in [0, 0.05) is 23.6 Å². The van der Waals surface area contributed by atoms with Gasteiger partial charge in [-0.15, -0.1) is 0 Å². The highest BCUT2D eigenvalue weighted by Crippen LogP contribution is 2.18. The molecule has 0 aliphatic carbocycles. The van der Waals surface area contributed by atoms with E-state index in [1.807, 2.05) is 18.2 Å². The van der Waals surface area contributed by atoms with E-state index in [0.29, 0.717) is 41.2 Å². The predicted molar refractivity (Wildman–Crippen MR) is 85.9 cm³/mol. The van der Waals surface area contributed by atoms with E-state index in [9.17, 15) is 0 Å². The fourth-order valence-electron chi connectivity index (χ4n) is 1.97. The van der Waals surface area contributed by atoms with Crippen LogP contribution in [-0.4, -0.2) is 21.7 Å². The van der Waals surface area contributed by atoms with E-state index in [1.165, 1.54) is 0 Å². The number of hydrogen-bond donors (Lipinski definition) is 1. The lowest BCUT2D eigenvalue weighted by Gasteiger charge is -2.02. The average molecular weight is 326 g/mol. The summed E-state index contributed by atoms with van der Waals surface area (Å²) in [5.74, 6) is 1.70. The van der Waals surface area contributed by atoms with Crippen LogP contribution in [0.2, 0.25) is 5.02 Å². The summed E-state index contributed by atoms with van der Waals surface area (Å²) in [6, 6.07) is 14.5. The Morgan fingerprint density at radius 1 is 1.13 bits per heavy atom. The van der Waals surface area contributed by atoms with Crippen LogP contribution in [0, 0.1) is 11.3 Å². The molecule has 0 atom stereocenters. The van der Waals surface area contributed by atoms with E-state index in [-0.39, 0.29) is 0 Å². The third kappa shape index (κ3) is 3.84. The van der Waals surface area contributed by atoms with E-state index in [4.69, 9.17) is 21.4 Å². The van der Waals surface area contributed by atoms with Crippen LogP contribution in [0.5, 0.6) is 0 Å². The van der Waals surface area contributed by atoms with Crippen molar-refractivity contribution in [3.05, 3.63) is 59.1 Å². The van der Waals surface area contributed by atoms with Crippen LogP contribution in [0.25, 0.3) is 11.4 Å². The standard InChI is InChI=1S/C16H12ClN5O/c17-12-6-4-11(5-7-12)16-21-15(23-22-16)8-9-19-14-3-1-2-13(10-18)20-14/h1-7H,8-9H2,(H,19,20). The maximum Gasteiger partial charge on any atom is 0.228 e. The lowest BCUT2D eigenvalue weighted by atomic mass is 10.2. The number of rotatable bonds is 5. The molecule has 2 aromatic heterocycles. The van der Waals surface area contributed by atoms with Crippen LogP contribution in [0.3, 0.4) is 0 Å². The molecule has 0 radical (unpaired) electrons. The molecule has 0 bridgehead atoms. The summed E-state index contributed by atoms with van der Waals surface area (Å²) >= 11 is 5.85. The van der Waals surface area contributed by atoms with Crippen LogP contribution in [0.4, 0.5) is 5.82 Å².